The largest absolute Gasteiger partial charge is 0.469 e. The lowest BCUT2D eigenvalue weighted by Gasteiger charge is -2.12. The minimum Gasteiger partial charge on any atom is -0.469 e. The predicted octanol–water partition coefficient (Wildman–Crippen LogP) is 2.64. The zero-order valence-corrected chi connectivity index (χ0v) is 18.3. The van der Waals surface area contributed by atoms with Crippen molar-refractivity contribution in [1.29, 1.82) is 0 Å². The lowest BCUT2D eigenvalue weighted by molar-refractivity contribution is 0.145. The average Bonchev–Trinajstić information content (AvgIpc) is 3.35. The molecule has 0 spiro atoms. The van der Waals surface area contributed by atoms with Crippen molar-refractivity contribution in [1.82, 2.24) is 25.2 Å². The van der Waals surface area contributed by atoms with Crippen LogP contribution in [0, 0.1) is 0 Å². The summed E-state index contributed by atoms with van der Waals surface area (Å²) in [5, 5.41) is 15.1. The van der Waals surface area contributed by atoms with Gasteiger partial charge in [0.2, 0.25) is 0 Å². The fourth-order valence-electron chi connectivity index (χ4n) is 2.61. The van der Waals surface area contributed by atoms with E-state index in [0.717, 1.165) is 62.3 Å². The van der Waals surface area contributed by atoms with Gasteiger partial charge >= 0.3 is 0 Å². The molecule has 0 aliphatic heterocycles. The highest BCUT2D eigenvalue weighted by Crippen LogP contribution is 2.04. The number of rotatable bonds is 10. The quantitative estimate of drug-likeness (QED) is 0.194. The van der Waals surface area contributed by atoms with Crippen molar-refractivity contribution in [2.45, 2.75) is 26.3 Å². The van der Waals surface area contributed by atoms with Crippen molar-refractivity contribution in [3.8, 4) is 0 Å². The molecule has 0 aliphatic rings. The topological polar surface area (TPSA) is 89.0 Å². The molecule has 152 valence electrons. The van der Waals surface area contributed by atoms with Crippen LogP contribution in [0.15, 0.2) is 52.2 Å². The number of guanidine groups is 1. The van der Waals surface area contributed by atoms with Gasteiger partial charge in [-0.25, -0.2) is 4.99 Å². The molecule has 9 heteroatoms. The SMILES string of the molecule is CCOCCCNC(=NCc1nnc2ccccn12)NCCc1ccco1.I. The molecule has 3 rings (SSSR count). The van der Waals surface area contributed by atoms with E-state index in [-0.39, 0.29) is 24.0 Å². The van der Waals surface area contributed by atoms with Crippen LogP contribution in [-0.4, -0.2) is 46.9 Å². The number of nitrogens with zero attached hydrogens (tertiary/aromatic N) is 4. The van der Waals surface area contributed by atoms with E-state index in [1.54, 1.807) is 6.26 Å². The number of furan rings is 1. The van der Waals surface area contributed by atoms with Crippen LogP contribution < -0.4 is 10.6 Å². The molecule has 0 radical (unpaired) electrons. The molecule has 3 heterocycles. The van der Waals surface area contributed by atoms with Gasteiger partial charge in [0.15, 0.2) is 17.4 Å². The van der Waals surface area contributed by atoms with Gasteiger partial charge in [-0.2, -0.15) is 0 Å². The van der Waals surface area contributed by atoms with Crippen LogP contribution in [-0.2, 0) is 17.7 Å². The van der Waals surface area contributed by atoms with E-state index in [4.69, 9.17) is 9.15 Å². The number of aromatic nitrogens is 3. The molecule has 0 saturated heterocycles. The summed E-state index contributed by atoms with van der Waals surface area (Å²) in [6.45, 7) is 5.42. The Balaban J connectivity index is 0.00000280. The first-order chi connectivity index (χ1) is 13.4. The summed E-state index contributed by atoms with van der Waals surface area (Å²) in [7, 11) is 0. The summed E-state index contributed by atoms with van der Waals surface area (Å²) in [6.07, 6.45) is 5.34. The molecular formula is C19H27IN6O2. The fraction of sp³-hybridized carbons (Fsp3) is 0.421. The molecule has 0 aromatic carbocycles. The molecule has 0 aliphatic carbocycles. The summed E-state index contributed by atoms with van der Waals surface area (Å²) in [5.41, 5.74) is 0.819. The smallest absolute Gasteiger partial charge is 0.191 e. The molecule has 2 N–H and O–H groups in total. The van der Waals surface area contributed by atoms with Crippen LogP contribution in [0.5, 0.6) is 0 Å². The van der Waals surface area contributed by atoms with Crippen molar-refractivity contribution in [3.05, 3.63) is 54.4 Å². The molecule has 0 fully saturated rings. The van der Waals surface area contributed by atoms with Crippen molar-refractivity contribution in [3.63, 3.8) is 0 Å². The highest BCUT2D eigenvalue weighted by Gasteiger charge is 2.05. The van der Waals surface area contributed by atoms with Gasteiger partial charge in [-0.3, -0.25) is 4.40 Å². The molecule has 28 heavy (non-hydrogen) atoms. The van der Waals surface area contributed by atoms with Gasteiger partial charge in [0.05, 0.1) is 6.26 Å². The van der Waals surface area contributed by atoms with E-state index in [9.17, 15) is 0 Å². The molecule has 0 saturated carbocycles. The molecule has 0 bridgehead atoms. The van der Waals surface area contributed by atoms with E-state index in [1.807, 2.05) is 47.9 Å². The van der Waals surface area contributed by atoms with Gasteiger partial charge < -0.3 is 19.8 Å². The number of nitrogens with one attached hydrogen (secondary N) is 2. The summed E-state index contributed by atoms with van der Waals surface area (Å²) < 4.78 is 12.7. The van der Waals surface area contributed by atoms with Crippen molar-refractivity contribution in [2.24, 2.45) is 4.99 Å². The third kappa shape index (κ3) is 6.79. The first kappa shape index (κ1) is 22.2. The predicted molar refractivity (Wildman–Crippen MR) is 119 cm³/mol. The first-order valence-corrected chi connectivity index (χ1v) is 9.27. The van der Waals surface area contributed by atoms with E-state index >= 15 is 0 Å². The van der Waals surface area contributed by atoms with Crippen LogP contribution in [0.1, 0.15) is 24.9 Å². The van der Waals surface area contributed by atoms with Crippen LogP contribution in [0.3, 0.4) is 0 Å². The maximum atomic E-state index is 5.38. The fourth-order valence-corrected chi connectivity index (χ4v) is 2.61. The Morgan fingerprint density at radius 2 is 2.07 bits per heavy atom. The average molecular weight is 498 g/mol. The second kappa shape index (κ2) is 12.3. The summed E-state index contributed by atoms with van der Waals surface area (Å²) >= 11 is 0. The second-order valence-electron chi connectivity index (χ2n) is 5.94. The lowest BCUT2D eigenvalue weighted by atomic mass is 10.3. The van der Waals surface area contributed by atoms with Crippen molar-refractivity contribution >= 4 is 35.6 Å². The normalized spacial score (nSPS) is 11.4. The maximum absolute atomic E-state index is 5.38. The molecule has 8 nitrogen and oxygen atoms in total. The zero-order valence-electron chi connectivity index (χ0n) is 16.0. The van der Waals surface area contributed by atoms with Crippen LogP contribution >= 0.6 is 24.0 Å². The number of ether oxygens (including phenoxy) is 1. The molecular weight excluding hydrogens is 471 g/mol. The van der Waals surface area contributed by atoms with Gasteiger partial charge in [-0.1, -0.05) is 6.07 Å². The van der Waals surface area contributed by atoms with Crippen LogP contribution in [0.2, 0.25) is 0 Å². The van der Waals surface area contributed by atoms with Crippen molar-refractivity contribution in [2.75, 3.05) is 26.3 Å². The molecule has 0 unspecified atom stereocenters. The first-order valence-electron chi connectivity index (χ1n) is 9.27. The highest BCUT2D eigenvalue weighted by atomic mass is 127. The number of fused-ring (bicyclic) bond motifs is 1. The minimum absolute atomic E-state index is 0. The number of hydrogen-bond acceptors (Lipinski definition) is 5. The van der Waals surface area contributed by atoms with Crippen molar-refractivity contribution < 1.29 is 9.15 Å². The third-order valence-corrected chi connectivity index (χ3v) is 3.97. The summed E-state index contributed by atoms with van der Waals surface area (Å²) in [5.74, 6) is 2.49. The van der Waals surface area contributed by atoms with Gasteiger partial charge in [0.25, 0.3) is 0 Å². The Labute approximate surface area is 181 Å². The standard InChI is InChI=1S/C19H26N6O2.HI/c1-2-26-13-6-10-20-19(21-11-9-16-7-5-14-27-16)22-15-18-24-23-17-8-3-4-12-25(17)18;/h3-5,7-8,12,14H,2,6,9-11,13,15H2,1H3,(H2,20,21,22);1H. The Hall–Kier alpha value is -2.14. The molecule has 3 aromatic heterocycles. The van der Waals surface area contributed by atoms with E-state index in [2.05, 4.69) is 25.8 Å². The summed E-state index contributed by atoms with van der Waals surface area (Å²) in [6, 6.07) is 9.69. The van der Waals surface area contributed by atoms with Gasteiger partial charge in [-0.05, 0) is 37.6 Å². The van der Waals surface area contributed by atoms with Gasteiger partial charge in [0, 0.05) is 38.9 Å². The number of hydrogen-bond donors (Lipinski definition) is 2. The van der Waals surface area contributed by atoms with E-state index in [1.165, 1.54) is 0 Å². The second-order valence-corrected chi connectivity index (χ2v) is 5.94. The van der Waals surface area contributed by atoms with E-state index in [0.29, 0.717) is 6.54 Å². The maximum Gasteiger partial charge on any atom is 0.191 e. The van der Waals surface area contributed by atoms with Gasteiger partial charge in [-0.15, -0.1) is 34.2 Å². The summed E-state index contributed by atoms with van der Waals surface area (Å²) in [4.78, 5) is 4.65. The Morgan fingerprint density at radius 3 is 2.89 bits per heavy atom. The molecule has 0 atom stereocenters. The number of pyridine rings is 1. The van der Waals surface area contributed by atoms with Crippen LogP contribution in [0.4, 0.5) is 0 Å². The Bertz CT molecular complexity index is 834. The molecule has 3 aromatic rings. The zero-order chi connectivity index (χ0) is 18.7. The van der Waals surface area contributed by atoms with E-state index < -0.39 is 0 Å². The third-order valence-electron chi connectivity index (χ3n) is 3.97. The monoisotopic (exact) mass is 498 g/mol. The highest BCUT2D eigenvalue weighted by molar-refractivity contribution is 14.0. The number of halogens is 1. The molecule has 0 amide bonds. The Kier molecular flexibility index (Phi) is 9.77. The van der Waals surface area contributed by atoms with Crippen LogP contribution in [0.25, 0.3) is 5.65 Å². The Morgan fingerprint density at radius 1 is 1.18 bits per heavy atom. The lowest BCUT2D eigenvalue weighted by Crippen LogP contribution is -2.39. The number of aliphatic imine (C=N–C) groups is 1. The minimum atomic E-state index is 0. The van der Waals surface area contributed by atoms with Gasteiger partial charge in [0.1, 0.15) is 12.3 Å².